The predicted octanol–water partition coefficient (Wildman–Crippen LogP) is 2.50. The van der Waals surface area contributed by atoms with Crippen molar-refractivity contribution in [2.24, 2.45) is 0 Å². The van der Waals surface area contributed by atoms with Crippen molar-refractivity contribution in [2.45, 2.75) is 10.6 Å². The molecule has 0 aliphatic carbocycles. The lowest BCUT2D eigenvalue weighted by atomic mass is 10.3. The smallest absolute Gasteiger partial charge is 0.233 e. The van der Waals surface area contributed by atoms with Crippen LogP contribution < -0.4 is 10.5 Å². The molecule has 0 bridgehead atoms. The standard InChI is InChI=1S/C12H12FN3OS/c1-17-12-5-3-9(15-16-12)7-18-11-6-8(13)2-4-10(11)14/h2-6H,7,14H2,1H3. The lowest BCUT2D eigenvalue weighted by molar-refractivity contribution is 0.391. The van der Waals surface area contributed by atoms with E-state index in [1.807, 2.05) is 6.07 Å². The van der Waals surface area contributed by atoms with Gasteiger partial charge in [0.15, 0.2) is 0 Å². The number of halogens is 1. The summed E-state index contributed by atoms with van der Waals surface area (Å²) in [6.07, 6.45) is 0. The molecule has 0 spiro atoms. The average Bonchev–Trinajstić information content (AvgIpc) is 2.40. The van der Waals surface area contributed by atoms with Crippen LogP contribution in [0.4, 0.5) is 10.1 Å². The number of aromatic nitrogens is 2. The van der Waals surface area contributed by atoms with Gasteiger partial charge in [-0.05, 0) is 24.3 Å². The fraction of sp³-hybridized carbons (Fsp3) is 0.167. The number of hydrogen-bond donors (Lipinski definition) is 1. The van der Waals surface area contributed by atoms with Gasteiger partial charge in [-0.3, -0.25) is 0 Å². The fourth-order valence-electron chi connectivity index (χ4n) is 1.32. The number of rotatable bonds is 4. The second kappa shape index (κ2) is 5.68. The Morgan fingerprint density at radius 3 is 2.78 bits per heavy atom. The Kier molecular flexibility index (Phi) is 3.99. The summed E-state index contributed by atoms with van der Waals surface area (Å²) in [6.45, 7) is 0. The molecule has 94 valence electrons. The van der Waals surface area contributed by atoms with Gasteiger partial charge in [0.1, 0.15) is 5.82 Å². The van der Waals surface area contributed by atoms with E-state index in [1.54, 1.807) is 12.1 Å². The Labute approximate surface area is 108 Å². The highest BCUT2D eigenvalue weighted by atomic mass is 32.2. The van der Waals surface area contributed by atoms with Crippen molar-refractivity contribution in [1.29, 1.82) is 0 Å². The van der Waals surface area contributed by atoms with Crippen LogP contribution in [0.3, 0.4) is 0 Å². The minimum atomic E-state index is -0.299. The van der Waals surface area contributed by atoms with Gasteiger partial charge >= 0.3 is 0 Å². The molecule has 18 heavy (non-hydrogen) atoms. The van der Waals surface area contributed by atoms with Crippen LogP contribution in [-0.2, 0) is 5.75 Å². The van der Waals surface area contributed by atoms with Crippen molar-refractivity contribution in [2.75, 3.05) is 12.8 Å². The Morgan fingerprint density at radius 2 is 2.11 bits per heavy atom. The highest BCUT2D eigenvalue weighted by molar-refractivity contribution is 7.98. The summed E-state index contributed by atoms with van der Waals surface area (Å²) in [7, 11) is 1.53. The first-order valence-corrected chi connectivity index (χ1v) is 6.22. The molecular weight excluding hydrogens is 253 g/mol. The number of anilines is 1. The van der Waals surface area contributed by atoms with Crippen LogP contribution in [0.1, 0.15) is 5.69 Å². The maximum absolute atomic E-state index is 13.1. The van der Waals surface area contributed by atoms with Crippen LogP contribution in [0.2, 0.25) is 0 Å². The van der Waals surface area contributed by atoms with E-state index in [4.69, 9.17) is 10.5 Å². The number of nitrogens with two attached hydrogens (primary N) is 1. The summed E-state index contributed by atoms with van der Waals surface area (Å²) < 4.78 is 18.0. The van der Waals surface area contributed by atoms with Crippen molar-refractivity contribution < 1.29 is 9.13 Å². The topological polar surface area (TPSA) is 61.0 Å². The normalized spacial score (nSPS) is 10.3. The summed E-state index contributed by atoms with van der Waals surface area (Å²) in [4.78, 5) is 0.701. The van der Waals surface area contributed by atoms with Crippen molar-refractivity contribution in [3.63, 3.8) is 0 Å². The summed E-state index contributed by atoms with van der Waals surface area (Å²) in [5.74, 6) is 0.742. The number of thioether (sulfide) groups is 1. The van der Waals surface area contributed by atoms with Crippen LogP contribution >= 0.6 is 11.8 Å². The molecule has 2 aromatic rings. The zero-order chi connectivity index (χ0) is 13.0. The van der Waals surface area contributed by atoms with Gasteiger partial charge in [-0.2, -0.15) is 5.10 Å². The summed E-state index contributed by atoms with van der Waals surface area (Å²) >= 11 is 1.42. The largest absolute Gasteiger partial charge is 0.480 e. The number of benzene rings is 1. The van der Waals surface area contributed by atoms with Crippen molar-refractivity contribution in [3.8, 4) is 5.88 Å². The Balaban J connectivity index is 2.04. The molecule has 1 heterocycles. The summed E-state index contributed by atoms with van der Waals surface area (Å²) in [5, 5.41) is 7.84. The van der Waals surface area contributed by atoms with Crippen molar-refractivity contribution in [3.05, 3.63) is 41.8 Å². The number of ether oxygens (including phenoxy) is 1. The SMILES string of the molecule is COc1ccc(CSc2cc(F)ccc2N)nn1. The van der Waals surface area contributed by atoms with E-state index < -0.39 is 0 Å². The van der Waals surface area contributed by atoms with E-state index in [0.717, 1.165) is 5.69 Å². The molecule has 2 rings (SSSR count). The monoisotopic (exact) mass is 265 g/mol. The first-order chi connectivity index (χ1) is 8.69. The average molecular weight is 265 g/mol. The molecule has 0 aliphatic heterocycles. The zero-order valence-corrected chi connectivity index (χ0v) is 10.6. The van der Waals surface area contributed by atoms with Gasteiger partial charge in [0, 0.05) is 22.4 Å². The maximum Gasteiger partial charge on any atom is 0.233 e. The summed E-state index contributed by atoms with van der Waals surface area (Å²) in [6, 6.07) is 7.85. The molecular formula is C12H12FN3OS. The molecule has 0 amide bonds. The van der Waals surface area contributed by atoms with Gasteiger partial charge in [0.25, 0.3) is 0 Å². The number of hydrogen-bond acceptors (Lipinski definition) is 5. The first kappa shape index (κ1) is 12.6. The van der Waals surface area contributed by atoms with E-state index >= 15 is 0 Å². The van der Waals surface area contributed by atoms with Gasteiger partial charge in [-0.25, -0.2) is 4.39 Å². The molecule has 0 radical (unpaired) electrons. The fourth-order valence-corrected chi connectivity index (χ4v) is 2.21. The highest BCUT2D eigenvalue weighted by Gasteiger charge is 2.04. The minimum absolute atomic E-state index is 0.299. The zero-order valence-electron chi connectivity index (χ0n) is 9.76. The molecule has 0 fully saturated rings. The molecule has 1 aromatic heterocycles. The van der Waals surface area contributed by atoms with E-state index in [9.17, 15) is 4.39 Å². The van der Waals surface area contributed by atoms with Gasteiger partial charge < -0.3 is 10.5 Å². The van der Waals surface area contributed by atoms with Crippen LogP contribution in [-0.4, -0.2) is 17.3 Å². The molecule has 1 aromatic carbocycles. The molecule has 0 atom stereocenters. The van der Waals surface area contributed by atoms with E-state index in [2.05, 4.69) is 10.2 Å². The predicted molar refractivity (Wildman–Crippen MR) is 69.0 cm³/mol. The Hall–Kier alpha value is -1.82. The van der Waals surface area contributed by atoms with Crippen LogP contribution in [0.25, 0.3) is 0 Å². The summed E-state index contributed by atoms with van der Waals surface area (Å²) in [5.41, 5.74) is 7.10. The third kappa shape index (κ3) is 3.10. The minimum Gasteiger partial charge on any atom is -0.480 e. The third-order valence-corrected chi connectivity index (χ3v) is 3.36. The van der Waals surface area contributed by atoms with Crippen LogP contribution in [0.15, 0.2) is 35.2 Å². The van der Waals surface area contributed by atoms with Gasteiger partial charge in [0.2, 0.25) is 5.88 Å². The lowest BCUT2D eigenvalue weighted by Gasteiger charge is -2.05. The number of nitrogen functional groups attached to an aromatic ring is 1. The molecule has 2 N–H and O–H groups in total. The van der Waals surface area contributed by atoms with Gasteiger partial charge in [-0.15, -0.1) is 16.9 Å². The second-order valence-electron chi connectivity index (χ2n) is 3.54. The van der Waals surface area contributed by atoms with Gasteiger partial charge in [-0.1, -0.05) is 0 Å². The van der Waals surface area contributed by atoms with Crippen molar-refractivity contribution >= 4 is 17.4 Å². The van der Waals surface area contributed by atoms with Gasteiger partial charge in [0.05, 0.1) is 12.8 Å². The van der Waals surface area contributed by atoms with Crippen LogP contribution in [0.5, 0.6) is 5.88 Å². The number of nitrogens with zero attached hydrogens (tertiary/aromatic N) is 2. The molecule has 0 aliphatic rings. The number of methoxy groups -OCH3 is 1. The van der Waals surface area contributed by atoms with Crippen LogP contribution in [0, 0.1) is 5.82 Å². The van der Waals surface area contributed by atoms with E-state index in [0.29, 0.717) is 22.2 Å². The molecule has 0 saturated heterocycles. The van der Waals surface area contributed by atoms with E-state index in [-0.39, 0.29) is 5.82 Å². The Bertz CT molecular complexity index is 533. The van der Waals surface area contributed by atoms with E-state index in [1.165, 1.54) is 31.0 Å². The molecule has 0 saturated carbocycles. The highest BCUT2D eigenvalue weighted by Crippen LogP contribution is 2.28. The third-order valence-electron chi connectivity index (χ3n) is 2.26. The molecule has 6 heteroatoms. The lowest BCUT2D eigenvalue weighted by Crippen LogP contribution is -1.95. The Morgan fingerprint density at radius 1 is 1.28 bits per heavy atom. The first-order valence-electron chi connectivity index (χ1n) is 5.23. The second-order valence-corrected chi connectivity index (χ2v) is 4.56. The quantitative estimate of drug-likeness (QED) is 0.680. The van der Waals surface area contributed by atoms with Crippen molar-refractivity contribution in [1.82, 2.24) is 10.2 Å². The molecule has 0 unspecified atom stereocenters. The molecule has 4 nitrogen and oxygen atoms in total. The maximum atomic E-state index is 13.1.